The summed E-state index contributed by atoms with van der Waals surface area (Å²) in [7, 11) is 0. The molecule has 0 aromatic heterocycles. The molecule has 1 saturated carbocycles. The van der Waals surface area contributed by atoms with Crippen molar-refractivity contribution in [3.63, 3.8) is 0 Å². The summed E-state index contributed by atoms with van der Waals surface area (Å²) in [5.41, 5.74) is 3.64. The van der Waals surface area contributed by atoms with Crippen LogP contribution in [0.15, 0.2) is 59.4 Å². The molecule has 1 unspecified atom stereocenters. The minimum Gasteiger partial charge on any atom is -0.315 e. The molecule has 29 heavy (non-hydrogen) atoms. The number of hydrogen-bond donors (Lipinski definition) is 0. The second kappa shape index (κ2) is 13.0. The first-order valence-corrected chi connectivity index (χ1v) is 11.3. The van der Waals surface area contributed by atoms with Crippen LogP contribution in [0.5, 0.6) is 0 Å². The highest BCUT2D eigenvalue weighted by molar-refractivity contribution is 5.56. The molecule has 1 saturated heterocycles. The van der Waals surface area contributed by atoms with E-state index >= 15 is 0 Å². The molecule has 1 aliphatic heterocycles. The zero-order chi connectivity index (χ0) is 20.9. The van der Waals surface area contributed by atoms with Crippen molar-refractivity contribution < 1.29 is 4.79 Å². The van der Waals surface area contributed by atoms with E-state index in [9.17, 15) is 4.79 Å². The minimum absolute atomic E-state index is 0.0438. The lowest BCUT2D eigenvalue weighted by Gasteiger charge is -2.28. The molecule has 2 rings (SSSR count). The number of terminal acetylenes is 1. The number of piperidine rings is 1. The van der Waals surface area contributed by atoms with Crippen molar-refractivity contribution in [1.29, 1.82) is 0 Å². The lowest BCUT2D eigenvalue weighted by atomic mass is 9.85. The fraction of sp³-hybridized carbons (Fsp3) is 0.519. The molecule has 1 atom stereocenters. The van der Waals surface area contributed by atoms with Crippen molar-refractivity contribution in [1.82, 2.24) is 4.90 Å². The number of nitrogens with zero attached hydrogens (tertiary/aromatic N) is 1. The van der Waals surface area contributed by atoms with Gasteiger partial charge in [0.25, 0.3) is 0 Å². The van der Waals surface area contributed by atoms with Crippen molar-refractivity contribution in [3.8, 4) is 12.3 Å². The van der Waals surface area contributed by atoms with Crippen LogP contribution in [0, 0.1) is 24.2 Å². The smallest absolute Gasteiger partial charge is 0.214 e. The Bertz CT molecular complexity index is 705. The Balaban J connectivity index is 2.06. The van der Waals surface area contributed by atoms with E-state index in [1.54, 1.807) is 4.90 Å². The Morgan fingerprint density at radius 3 is 2.45 bits per heavy atom. The molecule has 1 aliphatic carbocycles. The van der Waals surface area contributed by atoms with Gasteiger partial charge in [-0.15, -0.1) is 6.42 Å². The highest BCUT2D eigenvalue weighted by Gasteiger charge is 2.17. The predicted octanol–water partition coefficient (Wildman–Crippen LogP) is 6.74. The zero-order valence-corrected chi connectivity index (χ0v) is 18.3. The number of amides is 1. The summed E-state index contributed by atoms with van der Waals surface area (Å²) >= 11 is 0. The van der Waals surface area contributed by atoms with Crippen molar-refractivity contribution in [2.24, 2.45) is 11.8 Å². The maximum atomic E-state index is 11.4. The van der Waals surface area contributed by atoms with Gasteiger partial charge in [0.15, 0.2) is 0 Å². The van der Waals surface area contributed by atoms with Crippen molar-refractivity contribution >= 4 is 6.41 Å². The lowest BCUT2D eigenvalue weighted by Crippen LogP contribution is -2.27. The van der Waals surface area contributed by atoms with E-state index in [1.165, 1.54) is 56.1 Å². The highest BCUT2D eigenvalue weighted by Crippen LogP contribution is 2.29. The van der Waals surface area contributed by atoms with Gasteiger partial charge in [0, 0.05) is 12.2 Å². The topological polar surface area (TPSA) is 20.3 Å². The summed E-state index contributed by atoms with van der Waals surface area (Å²) in [6.07, 6.45) is 32.9. The van der Waals surface area contributed by atoms with Crippen molar-refractivity contribution in [2.45, 2.75) is 71.6 Å². The summed E-state index contributed by atoms with van der Waals surface area (Å²) in [5, 5.41) is 0. The first-order chi connectivity index (χ1) is 14.2. The number of carbonyl (C=O) groups is 1. The van der Waals surface area contributed by atoms with E-state index in [-0.39, 0.29) is 5.92 Å². The molecule has 0 aromatic rings. The zero-order valence-electron chi connectivity index (χ0n) is 18.3. The summed E-state index contributed by atoms with van der Waals surface area (Å²) in [4.78, 5) is 13.2. The minimum atomic E-state index is -0.0438. The predicted molar refractivity (Wildman–Crippen MR) is 124 cm³/mol. The number of likely N-dealkylation sites (tertiary alicyclic amines) is 1. The van der Waals surface area contributed by atoms with Gasteiger partial charge in [-0.25, -0.2) is 0 Å². The second-order valence-corrected chi connectivity index (χ2v) is 8.04. The Hall–Kier alpha value is -2.27. The number of hydrogen-bond acceptors (Lipinski definition) is 1. The Morgan fingerprint density at radius 1 is 1.10 bits per heavy atom. The molecular weight excluding hydrogens is 354 g/mol. The van der Waals surface area contributed by atoms with Crippen molar-refractivity contribution in [3.05, 3.63) is 59.4 Å². The average molecular weight is 392 g/mol. The van der Waals surface area contributed by atoms with E-state index in [2.05, 4.69) is 37.1 Å². The standard InChI is InChI=1S/C27H37NO/c1-4-23(14-12-18-27-25(6-3)17-13-21-28(27)22-29)19-20-24(5-2)26-15-10-8-7-9-11-16-26/h1,5-6,12,14,18-20,22-23,26H,7-11,13,15-17,21H2,2-3H3/b14-12+,20-19-,24-5+,25-6-,27-18+. The molecule has 2 nitrogen and oxygen atoms in total. The first-order valence-electron chi connectivity index (χ1n) is 11.3. The van der Waals surface area contributed by atoms with Gasteiger partial charge in [-0.2, -0.15) is 0 Å². The molecule has 0 spiro atoms. The van der Waals surface area contributed by atoms with E-state index in [4.69, 9.17) is 6.42 Å². The quantitative estimate of drug-likeness (QED) is 0.279. The molecule has 2 fully saturated rings. The highest BCUT2D eigenvalue weighted by atomic mass is 16.1. The van der Waals surface area contributed by atoms with E-state index in [0.717, 1.165) is 31.5 Å². The lowest BCUT2D eigenvalue weighted by molar-refractivity contribution is -0.116. The van der Waals surface area contributed by atoms with Crippen LogP contribution in [0.2, 0.25) is 0 Å². The van der Waals surface area contributed by atoms with Crippen LogP contribution in [-0.2, 0) is 4.79 Å². The van der Waals surface area contributed by atoms with Crippen LogP contribution in [-0.4, -0.2) is 17.9 Å². The van der Waals surface area contributed by atoms with Crippen LogP contribution in [0.4, 0.5) is 0 Å². The van der Waals surface area contributed by atoms with Gasteiger partial charge >= 0.3 is 0 Å². The fourth-order valence-electron chi connectivity index (χ4n) is 4.39. The average Bonchev–Trinajstić information content (AvgIpc) is 2.73. The molecule has 1 amide bonds. The molecule has 0 radical (unpaired) electrons. The van der Waals surface area contributed by atoms with Crippen LogP contribution in [0.25, 0.3) is 0 Å². The van der Waals surface area contributed by atoms with Crippen LogP contribution in [0.1, 0.15) is 71.6 Å². The molecule has 2 aliphatic rings. The molecular formula is C27H37NO. The summed E-state index contributed by atoms with van der Waals surface area (Å²) < 4.78 is 0. The molecule has 0 bridgehead atoms. The number of carbonyl (C=O) groups excluding carboxylic acids is 1. The number of rotatable bonds is 6. The first kappa shape index (κ1) is 23.0. The van der Waals surface area contributed by atoms with Gasteiger partial charge in [-0.3, -0.25) is 4.79 Å². The SMILES string of the molecule is C#CC(/C=C\C(=C/C)C1CCCCCCC1)/C=C/C=C1\C(=C/C)CCCN1C=O. The van der Waals surface area contributed by atoms with Crippen molar-refractivity contribution in [2.75, 3.05) is 6.54 Å². The fourth-order valence-corrected chi connectivity index (χ4v) is 4.39. The summed E-state index contributed by atoms with van der Waals surface area (Å²) in [6.45, 7) is 4.95. The molecule has 2 heteroatoms. The van der Waals surface area contributed by atoms with Gasteiger partial charge in [0.05, 0.1) is 5.92 Å². The van der Waals surface area contributed by atoms with E-state index in [1.807, 2.05) is 25.2 Å². The monoisotopic (exact) mass is 391 g/mol. The third kappa shape index (κ3) is 7.24. The number of allylic oxidation sites excluding steroid dienone is 9. The van der Waals surface area contributed by atoms with Crippen LogP contribution in [0.3, 0.4) is 0 Å². The van der Waals surface area contributed by atoms with Gasteiger partial charge in [-0.05, 0) is 62.7 Å². The van der Waals surface area contributed by atoms with Gasteiger partial charge in [0.1, 0.15) is 0 Å². The third-order valence-corrected chi connectivity index (χ3v) is 6.13. The van der Waals surface area contributed by atoms with Gasteiger partial charge in [0.2, 0.25) is 6.41 Å². The third-order valence-electron chi connectivity index (χ3n) is 6.13. The molecule has 1 heterocycles. The van der Waals surface area contributed by atoms with Gasteiger partial charge < -0.3 is 4.90 Å². The molecule has 0 N–H and O–H groups in total. The molecule has 0 aromatic carbocycles. The van der Waals surface area contributed by atoms with Gasteiger partial charge in [-0.1, -0.05) is 74.5 Å². The van der Waals surface area contributed by atoms with E-state index < -0.39 is 0 Å². The summed E-state index contributed by atoms with van der Waals surface area (Å²) in [6, 6.07) is 0. The maximum Gasteiger partial charge on any atom is 0.214 e. The normalized spacial score (nSPS) is 24.0. The van der Waals surface area contributed by atoms with Crippen LogP contribution < -0.4 is 0 Å². The Kier molecular flexibility index (Phi) is 10.4. The largest absolute Gasteiger partial charge is 0.315 e. The Labute approximate surface area is 178 Å². The Morgan fingerprint density at radius 2 is 1.83 bits per heavy atom. The van der Waals surface area contributed by atoms with E-state index in [0.29, 0.717) is 5.92 Å². The molecule has 156 valence electrons. The van der Waals surface area contributed by atoms with Crippen LogP contribution >= 0.6 is 0 Å². The second-order valence-electron chi connectivity index (χ2n) is 8.04. The maximum absolute atomic E-state index is 11.4. The summed E-state index contributed by atoms with van der Waals surface area (Å²) in [5.74, 6) is 3.49.